The lowest BCUT2D eigenvalue weighted by Gasteiger charge is -2.35. The summed E-state index contributed by atoms with van der Waals surface area (Å²) in [6.45, 7) is 3.26. The normalized spacial score (nSPS) is 13.5. The van der Waals surface area contributed by atoms with Crippen molar-refractivity contribution in [2.75, 3.05) is 31.5 Å². The zero-order chi connectivity index (χ0) is 24.2. The molecule has 3 amide bonds. The molecule has 3 aromatic carbocycles. The van der Waals surface area contributed by atoms with E-state index in [1.54, 1.807) is 46.2 Å². The maximum absolute atomic E-state index is 13.2. The highest BCUT2D eigenvalue weighted by Crippen LogP contribution is 2.21. The van der Waals surface area contributed by atoms with Crippen LogP contribution in [0.15, 0.2) is 66.7 Å². The molecule has 1 fully saturated rings. The maximum atomic E-state index is 13.2. The van der Waals surface area contributed by atoms with E-state index in [0.29, 0.717) is 42.5 Å². The lowest BCUT2D eigenvalue weighted by Crippen LogP contribution is -2.51. The molecule has 1 N–H and O–H groups in total. The number of halogens is 2. The SMILES string of the molecule is Cc1ccc(NC(=O)N2CCN(C(=O)c3ccccc3C(=O)c3ccc(F)cc3)CC2)cc1Cl. The molecule has 1 aliphatic heterocycles. The number of ketones is 1. The molecule has 1 heterocycles. The van der Waals surface area contributed by atoms with Crippen LogP contribution >= 0.6 is 11.6 Å². The van der Waals surface area contributed by atoms with Gasteiger partial charge < -0.3 is 15.1 Å². The van der Waals surface area contributed by atoms with Gasteiger partial charge in [-0.05, 0) is 55.0 Å². The summed E-state index contributed by atoms with van der Waals surface area (Å²) in [5.74, 6) is -1.07. The monoisotopic (exact) mass is 479 g/mol. The van der Waals surface area contributed by atoms with Crippen LogP contribution in [0.2, 0.25) is 5.02 Å². The van der Waals surface area contributed by atoms with Crippen molar-refractivity contribution in [2.24, 2.45) is 0 Å². The van der Waals surface area contributed by atoms with E-state index < -0.39 is 5.82 Å². The summed E-state index contributed by atoms with van der Waals surface area (Å²) in [5, 5.41) is 3.40. The fourth-order valence-electron chi connectivity index (χ4n) is 3.78. The quantitative estimate of drug-likeness (QED) is 0.535. The van der Waals surface area contributed by atoms with Crippen molar-refractivity contribution in [3.63, 3.8) is 0 Å². The fourth-order valence-corrected chi connectivity index (χ4v) is 3.96. The van der Waals surface area contributed by atoms with Gasteiger partial charge in [-0.15, -0.1) is 0 Å². The molecule has 3 aromatic rings. The smallest absolute Gasteiger partial charge is 0.321 e. The largest absolute Gasteiger partial charge is 0.335 e. The molecule has 0 aromatic heterocycles. The third-order valence-corrected chi connectivity index (χ3v) is 6.19. The van der Waals surface area contributed by atoms with E-state index >= 15 is 0 Å². The predicted octanol–water partition coefficient (Wildman–Crippen LogP) is 5.01. The highest BCUT2D eigenvalue weighted by Gasteiger charge is 2.27. The molecule has 1 saturated heterocycles. The second-order valence-electron chi connectivity index (χ2n) is 8.05. The van der Waals surface area contributed by atoms with Crippen molar-refractivity contribution in [1.82, 2.24) is 9.80 Å². The van der Waals surface area contributed by atoms with Crippen LogP contribution in [0, 0.1) is 12.7 Å². The number of benzene rings is 3. The highest BCUT2D eigenvalue weighted by atomic mass is 35.5. The Hall–Kier alpha value is -3.71. The number of anilines is 1. The van der Waals surface area contributed by atoms with Crippen LogP contribution in [-0.4, -0.2) is 53.7 Å². The van der Waals surface area contributed by atoms with Crippen LogP contribution in [0.5, 0.6) is 0 Å². The van der Waals surface area contributed by atoms with Crippen LogP contribution < -0.4 is 5.32 Å². The lowest BCUT2D eigenvalue weighted by atomic mass is 9.97. The Labute approximate surface area is 201 Å². The minimum Gasteiger partial charge on any atom is -0.335 e. The molecule has 0 aliphatic carbocycles. The van der Waals surface area contributed by atoms with Gasteiger partial charge in [0.2, 0.25) is 0 Å². The zero-order valence-electron chi connectivity index (χ0n) is 18.6. The van der Waals surface area contributed by atoms with E-state index in [0.717, 1.165) is 5.56 Å². The van der Waals surface area contributed by atoms with E-state index in [2.05, 4.69) is 5.32 Å². The minimum absolute atomic E-state index is 0.260. The number of nitrogens with zero attached hydrogens (tertiary/aromatic N) is 2. The second kappa shape index (κ2) is 10.1. The number of aryl methyl sites for hydroxylation is 1. The molecule has 8 heteroatoms. The molecule has 174 valence electrons. The minimum atomic E-state index is -0.437. The van der Waals surface area contributed by atoms with Gasteiger partial charge in [0.25, 0.3) is 5.91 Å². The Bertz CT molecular complexity index is 1240. The van der Waals surface area contributed by atoms with Gasteiger partial charge in [-0.1, -0.05) is 35.9 Å². The average molecular weight is 480 g/mol. The Kier molecular flexibility index (Phi) is 6.93. The van der Waals surface area contributed by atoms with Gasteiger partial charge in [0.1, 0.15) is 5.82 Å². The maximum Gasteiger partial charge on any atom is 0.321 e. The first kappa shape index (κ1) is 23.4. The van der Waals surface area contributed by atoms with Crippen LogP contribution in [0.4, 0.5) is 14.9 Å². The topological polar surface area (TPSA) is 69.7 Å². The van der Waals surface area contributed by atoms with Crippen LogP contribution in [0.25, 0.3) is 0 Å². The van der Waals surface area contributed by atoms with Gasteiger partial charge in [-0.3, -0.25) is 9.59 Å². The summed E-state index contributed by atoms with van der Waals surface area (Å²) in [7, 11) is 0. The number of nitrogens with one attached hydrogen (secondary N) is 1. The number of amides is 3. The molecule has 1 aliphatic rings. The van der Waals surface area contributed by atoms with Crippen LogP contribution in [-0.2, 0) is 0 Å². The van der Waals surface area contributed by atoms with E-state index in [1.165, 1.54) is 24.3 Å². The number of carbonyl (C=O) groups is 3. The van der Waals surface area contributed by atoms with Gasteiger partial charge in [-0.25, -0.2) is 9.18 Å². The molecule has 4 rings (SSSR count). The average Bonchev–Trinajstić information content (AvgIpc) is 2.86. The third-order valence-electron chi connectivity index (χ3n) is 5.79. The van der Waals surface area contributed by atoms with Crippen molar-refractivity contribution in [3.8, 4) is 0 Å². The van der Waals surface area contributed by atoms with Crippen molar-refractivity contribution in [3.05, 3.63) is 99.8 Å². The first-order valence-electron chi connectivity index (χ1n) is 10.8. The zero-order valence-corrected chi connectivity index (χ0v) is 19.3. The Morgan fingerprint density at radius 2 is 1.47 bits per heavy atom. The number of rotatable bonds is 4. The molecule has 0 saturated carbocycles. The molecular formula is C26H23ClFN3O3. The molecule has 0 spiro atoms. The molecule has 6 nitrogen and oxygen atoms in total. The van der Waals surface area contributed by atoms with Crippen molar-refractivity contribution in [2.45, 2.75) is 6.92 Å². The van der Waals surface area contributed by atoms with E-state index in [4.69, 9.17) is 11.6 Å². The van der Waals surface area contributed by atoms with Gasteiger partial charge in [0, 0.05) is 48.0 Å². The van der Waals surface area contributed by atoms with Gasteiger partial charge in [-0.2, -0.15) is 0 Å². The number of hydrogen-bond acceptors (Lipinski definition) is 3. The summed E-state index contributed by atoms with van der Waals surface area (Å²) in [5.41, 5.74) is 2.37. The van der Waals surface area contributed by atoms with Crippen molar-refractivity contribution >= 4 is 35.0 Å². The molecule has 0 unspecified atom stereocenters. The highest BCUT2D eigenvalue weighted by molar-refractivity contribution is 6.31. The number of hydrogen-bond donors (Lipinski definition) is 1. The van der Waals surface area contributed by atoms with Crippen LogP contribution in [0.1, 0.15) is 31.8 Å². The first-order valence-corrected chi connectivity index (χ1v) is 11.2. The van der Waals surface area contributed by atoms with Crippen LogP contribution in [0.3, 0.4) is 0 Å². The van der Waals surface area contributed by atoms with Gasteiger partial charge >= 0.3 is 6.03 Å². The van der Waals surface area contributed by atoms with E-state index in [1.807, 2.05) is 13.0 Å². The number of urea groups is 1. The lowest BCUT2D eigenvalue weighted by molar-refractivity contribution is 0.0668. The molecular weight excluding hydrogens is 457 g/mol. The van der Waals surface area contributed by atoms with Gasteiger partial charge in [0.05, 0.1) is 5.56 Å². The summed E-state index contributed by atoms with van der Waals surface area (Å²) < 4.78 is 13.2. The Balaban J connectivity index is 1.42. The summed E-state index contributed by atoms with van der Waals surface area (Å²) >= 11 is 6.13. The summed E-state index contributed by atoms with van der Waals surface area (Å²) in [4.78, 5) is 42.1. The van der Waals surface area contributed by atoms with Gasteiger partial charge in [0.15, 0.2) is 5.78 Å². The molecule has 0 atom stereocenters. The Morgan fingerprint density at radius 3 is 2.12 bits per heavy atom. The van der Waals surface area contributed by atoms with E-state index in [-0.39, 0.29) is 28.8 Å². The first-order chi connectivity index (χ1) is 16.3. The molecule has 34 heavy (non-hydrogen) atoms. The standard InChI is InChI=1S/C26H23ClFN3O3/c1-17-6-11-20(16-23(17)27)29-26(34)31-14-12-30(13-15-31)25(33)22-5-3-2-4-21(22)24(32)18-7-9-19(28)10-8-18/h2-11,16H,12-15H2,1H3,(H,29,34). The number of piperazine rings is 1. The second-order valence-corrected chi connectivity index (χ2v) is 8.46. The predicted molar refractivity (Wildman–Crippen MR) is 129 cm³/mol. The summed E-state index contributed by atoms with van der Waals surface area (Å²) in [6.07, 6.45) is 0. The summed E-state index contributed by atoms with van der Waals surface area (Å²) in [6, 6.07) is 16.9. The van der Waals surface area contributed by atoms with Crippen molar-refractivity contribution in [1.29, 1.82) is 0 Å². The molecule has 0 radical (unpaired) electrons. The molecule has 0 bridgehead atoms. The van der Waals surface area contributed by atoms with E-state index in [9.17, 15) is 18.8 Å². The third kappa shape index (κ3) is 5.10. The number of carbonyl (C=O) groups excluding carboxylic acids is 3. The Morgan fingerprint density at radius 1 is 0.853 bits per heavy atom. The fraction of sp³-hybridized carbons (Fsp3) is 0.192. The van der Waals surface area contributed by atoms with Crippen molar-refractivity contribution < 1.29 is 18.8 Å².